The quantitative estimate of drug-likeness (QED) is 0.744. The Labute approximate surface area is 125 Å². The van der Waals surface area contributed by atoms with Crippen LogP contribution in [0.3, 0.4) is 0 Å². The highest BCUT2D eigenvalue weighted by atomic mass is 16.3. The second kappa shape index (κ2) is 7.21. The summed E-state index contributed by atoms with van der Waals surface area (Å²) in [5.41, 5.74) is 1.08. The minimum Gasteiger partial charge on any atom is -0.394 e. The van der Waals surface area contributed by atoms with Gasteiger partial charge in [-0.2, -0.15) is 5.26 Å². The van der Waals surface area contributed by atoms with Gasteiger partial charge in [-0.3, -0.25) is 4.79 Å². The molecule has 0 radical (unpaired) electrons. The molecule has 1 fully saturated rings. The van der Waals surface area contributed by atoms with Gasteiger partial charge in [0.2, 0.25) is 5.91 Å². The predicted molar refractivity (Wildman–Crippen MR) is 80.7 cm³/mol. The average Bonchev–Trinajstić information content (AvgIpc) is 2.97. The van der Waals surface area contributed by atoms with Crippen LogP contribution in [0.4, 0.5) is 5.69 Å². The minimum atomic E-state index is -0.186. The van der Waals surface area contributed by atoms with Crippen molar-refractivity contribution in [1.82, 2.24) is 5.32 Å². The van der Waals surface area contributed by atoms with Crippen LogP contribution in [0, 0.1) is 11.3 Å². The SMILES string of the molecule is N#Cc1ccc(NC(=O)CCNC2(CO)CCCC2)cc1. The standard InChI is InChI=1S/C16H21N3O2/c17-11-13-3-5-14(6-4-13)19-15(21)7-10-18-16(12-20)8-1-2-9-16/h3-6,18,20H,1-2,7-10,12H2,(H,19,21). The van der Waals surface area contributed by atoms with Crippen LogP contribution < -0.4 is 10.6 Å². The van der Waals surface area contributed by atoms with Crippen LogP contribution in [0.25, 0.3) is 0 Å². The number of nitrogens with one attached hydrogen (secondary N) is 2. The first-order valence-corrected chi connectivity index (χ1v) is 7.33. The van der Waals surface area contributed by atoms with E-state index in [1.165, 1.54) is 0 Å². The molecule has 5 heteroatoms. The molecule has 112 valence electrons. The van der Waals surface area contributed by atoms with Gasteiger partial charge in [0.05, 0.1) is 18.2 Å². The third-order valence-corrected chi connectivity index (χ3v) is 4.01. The third kappa shape index (κ3) is 4.28. The zero-order valence-electron chi connectivity index (χ0n) is 12.1. The van der Waals surface area contributed by atoms with Gasteiger partial charge in [-0.05, 0) is 37.1 Å². The number of rotatable bonds is 6. The second-order valence-electron chi connectivity index (χ2n) is 5.56. The number of hydrogen-bond donors (Lipinski definition) is 3. The van der Waals surface area contributed by atoms with Gasteiger partial charge < -0.3 is 15.7 Å². The van der Waals surface area contributed by atoms with Crippen molar-refractivity contribution in [2.75, 3.05) is 18.5 Å². The van der Waals surface area contributed by atoms with E-state index >= 15 is 0 Å². The monoisotopic (exact) mass is 287 g/mol. The first-order chi connectivity index (χ1) is 10.2. The first kappa shape index (κ1) is 15.5. The molecular formula is C16H21N3O2. The third-order valence-electron chi connectivity index (χ3n) is 4.01. The highest BCUT2D eigenvalue weighted by molar-refractivity contribution is 5.90. The van der Waals surface area contributed by atoms with E-state index in [9.17, 15) is 9.90 Å². The number of hydrogen-bond acceptors (Lipinski definition) is 4. The van der Waals surface area contributed by atoms with Gasteiger partial charge in [-0.25, -0.2) is 0 Å². The van der Waals surface area contributed by atoms with Crippen molar-refractivity contribution >= 4 is 11.6 Å². The summed E-state index contributed by atoms with van der Waals surface area (Å²) in [6.45, 7) is 0.687. The van der Waals surface area contributed by atoms with Crippen LogP contribution in [0.15, 0.2) is 24.3 Å². The van der Waals surface area contributed by atoms with Gasteiger partial charge in [0, 0.05) is 24.2 Å². The fourth-order valence-corrected chi connectivity index (χ4v) is 2.74. The highest BCUT2D eigenvalue weighted by Gasteiger charge is 2.32. The van der Waals surface area contributed by atoms with Crippen LogP contribution >= 0.6 is 0 Å². The van der Waals surface area contributed by atoms with Crippen LogP contribution in [0.2, 0.25) is 0 Å². The molecule has 0 heterocycles. The van der Waals surface area contributed by atoms with E-state index < -0.39 is 0 Å². The second-order valence-corrected chi connectivity index (χ2v) is 5.56. The van der Waals surface area contributed by atoms with Crippen LogP contribution in [-0.2, 0) is 4.79 Å². The lowest BCUT2D eigenvalue weighted by Gasteiger charge is -2.28. The summed E-state index contributed by atoms with van der Waals surface area (Å²) in [5.74, 6) is -0.0710. The molecule has 0 atom stereocenters. The minimum absolute atomic E-state index is 0.0710. The van der Waals surface area contributed by atoms with E-state index in [0.29, 0.717) is 24.2 Å². The Hall–Kier alpha value is -1.90. The van der Waals surface area contributed by atoms with E-state index in [-0.39, 0.29) is 18.1 Å². The summed E-state index contributed by atoms with van der Waals surface area (Å²) in [6, 6.07) is 8.82. The number of aliphatic hydroxyl groups excluding tert-OH is 1. The summed E-state index contributed by atoms with van der Waals surface area (Å²) in [4.78, 5) is 11.9. The molecule has 1 amide bonds. The lowest BCUT2D eigenvalue weighted by molar-refractivity contribution is -0.116. The number of aliphatic hydroxyl groups is 1. The molecule has 21 heavy (non-hydrogen) atoms. The fourth-order valence-electron chi connectivity index (χ4n) is 2.74. The van der Waals surface area contributed by atoms with E-state index in [1.807, 2.05) is 6.07 Å². The largest absolute Gasteiger partial charge is 0.394 e. The molecule has 0 aromatic heterocycles. The maximum absolute atomic E-state index is 11.9. The molecular weight excluding hydrogens is 266 g/mol. The van der Waals surface area contributed by atoms with Crippen molar-refractivity contribution in [3.05, 3.63) is 29.8 Å². The molecule has 0 bridgehead atoms. The molecule has 1 saturated carbocycles. The van der Waals surface area contributed by atoms with Crippen molar-refractivity contribution < 1.29 is 9.90 Å². The van der Waals surface area contributed by atoms with E-state index in [0.717, 1.165) is 25.7 Å². The first-order valence-electron chi connectivity index (χ1n) is 7.33. The Morgan fingerprint density at radius 1 is 1.29 bits per heavy atom. The maximum atomic E-state index is 11.9. The number of nitrogens with zero attached hydrogens (tertiary/aromatic N) is 1. The Morgan fingerprint density at radius 3 is 2.52 bits per heavy atom. The maximum Gasteiger partial charge on any atom is 0.225 e. The molecule has 0 aliphatic heterocycles. The van der Waals surface area contributed by atoms with Gasteiger partial charge >= 0.3 is 0 Å². The Bertz CT molecular complexity index is 513. The fraction of sp³-hybridized carbons (Fsp3) is 0.500. The van der Waals surface area contributed by atoms with Crippen molar-refractivity contribution in [3.63, 3.8) is 0 Å². The number of benzene rings is 1. The Balaban J connectivity index is 1.75. The van der Waals surface area contributed by atoms with Gasteiger partial charge in [-0.1, -0.05) is 12.8 Å². The number of anilines is 1. The number of carbonyl (C=O) groups is 1. The van der Waals surface area contributed by atoms with Crippen molar-refractivity contribution in [2.24, 2.45) is 0 Å². The highest BCUT2D eigenvalue weighted by Crippen LogP contribution is 2.28. The normalized spacial score (nSPS) is 16.4. The van der Waals surface area contributed by atoms with Crippen molar-refractivity contribution in [1.29, 1.82) is 5.26 Å². The molecule has 0 spiro atoms. The molecule has 0 unspecified atom stereocenters. The number of carbonyl (C=O) groups excluding carboxylic acids is 1. The molecule has 2 rings (SSSR count). The molecule has 1 aromatic rings. The average molecular weight is 287 g/mol. The number of nitriles is 1. The van der Waals surface area contributed by atoms with Crippen LogP contribution in [0.1, 0.15) is 37.7 Å². The smallest absolute Gasteiger partial charge is 0.225 e. The zero-order valence-corrected chi connectivity index (χ0v) is 12.1. The van der Waals surface area contributed by atoms with Crippen LogP contribution in [0.5, 0.6) is 0 Å². The van der Waals surface area contributed by atoms with Gasteiger partial charge in [0.15, 0.2) is 0 Å². The van der Waals surface area contributed by atoms with E-state index in [2.05, 4.69) is 10.6 Å². The lowest BCUT2D eigenvalue weighted by atomic mass is 9.99. The van der Waals surface area contributed by atoms with Gasteiger partial charge in [-0.15, -0.1) is 0 Å². The summed E-state index contributed by atoms with van der Waals surface area (Å²) in [5, 5.41) is 24.3. The molecule has 0 saturated heterocycles. The number of amides is 1. The molecule has 5 nitrogen and oxygen atoms in total. The van der Waals surface area contributed by atoms with Crippen molar-refractivity contribution in [3.8, 4) is 6.07 Å². The van der Waals surface area contributed by atoms with E-state index in [1.54, 1.807) is 24.3 Å². The van der Waals surface area contributed by atoms with Crippen molar-refractivity contribution in [2.45, 2.75) is 37.6 Å². The lowest BCUT2D eigenvalue weighted by Crippen LogP contribution is -2.47. The van der Waals surface area contributed by atoms with Crippen LogP contribution in [-0.4, -0.2) is 29.7 Å². The predicted octanol–water partition coefficient (Wildman–Crippen LogP) is 1.78. The summed E-state index contributed by atoms with van der Waals surface area (Å²) >= 11 is 0. The molecule has 1 aliphatic carbocycles. The van der Waals surface area contributed by atoms with Gasteiger partial charge in [0.25, 0.3) is 0 Å². The summed E-state index contributed by atoms with van der Waals surface area (Å²) in [6.07, 6.45) is 4.57. The Kier molecular flexibility index (Phi) is 5.32. The Morgan fingerprint density at radius 2 is 1.95 bits per heavy atom. The molecule has 1 aromatic carbocycles. The topological polar surface area (TPSA) is 85.2 Å². The van der Waals surface area contributed by atoms with Gasteiger partial charge in [0.1, 0.15) is 0 Å². The van der Waals surface area contributed by atoms with E-state index in [4.69, 9.17) is 5.26 Å². The molecule has 1 aliphatic rings. The summed E-state index contributed by atoms with van der Waals surface area (Å²) in [7, 11) is 0. The molecule has 3 N–H and O–H groups in total. The summed E-state index contributed by atoms with van der Waals surface area (Å²) < 4.78 is 0. The zero-order chi connectivity index (χ0) is 15.1.